The molecule has 0 aliphatic heterocycles. The lowest BCUT2D eigenvalue weighted by molar-refractivity contribution is 0.0706. The monoisotopic (exact) mass is 300 g/mol. The van der Waals surface area contributed by atoms with Crippen LogP contribution in [0, 0.1) is 18.6 Å². The van der Waals surface area contributed by atoms with Crippen molar-refractivity contribution in [3.63, 3.8) is 0 Å². The van der Waals surface area contributed by atoms with Crippen molar-refractivity contribution in [2.24, 2.45) is 5.73 Å². The SMILES string of the molecule is Cc1cc(C(=O)N(CCC(N)=S)C(C)C)c(F)cc1F. The van der Waals surface area contributed by atoms with E-state index in [0.29, 0.717) is 18.0 Å². The Morgan fingerprint density at radius 2 is 1.95 bits per heavy atom. The molecular formula is C14H18F2N2OS. The van der Waals surface area contributed by atoms with E-state index < -0.39 is 17.5 Å². The van der Waals surface area contributed by atoms with Crippen LogP contribution in [0.1, 0.15) is 36.2 Å². The first-order valence-corrected chi connectivity index (χ1v) is 6.69. The van der Waals surface area contributed by atoms with Crippen LogP contribution in [-0.4, -0.2) is 28.4 Å². The van der Waals surface area contributed by atoms with E-state index in [1.807, 2.05) is 13.8 Å². The molecule has 1 rings (SSSR count). The number of rotatable bonds is 5. The van der Waals surface area contributed by atoms with Gasteiger partial charge in [-0.2, -0.15) is 0 Å². The van der Waals surface area contributed by atoms with Crippen molar-refractivity contribution < 1.29 is 13.6 Å². The van der Waals surface area contributed by atoms with E-state index in [1.165, 1.54) is 17.9 Å². The van der Waals surface area contributed by atoms with E-state index in [0.717, 1.165) is 6.07 Å². The predicted octanol–water partition coefficient (Wildman–Crippen LogP) is 2.80. The number of hydrogen-bond donors (Lipinski definition) is 1. The van der Waals surface area contributed by atoms with Gasteiger partial charge in [0, 0.05) is 25.1 Å². The van der Waals surface area contributed by atoms with Crippen molar-refractivity contribution in [1.29, 1.82) is 0 Å². The van der Waals surface area contributed by atoms with Gasteiger partial charge in [0.2, 0.25) is 0 Å². The van der Waals surface area contributed by atoms with Crippen LogP contribution < -0.4 is 5.73 Å². The number of nitrogens with zero attached hydrogens (tertiary/aromatic N) is 1. The molecule has 0 unspecified atom stereocenters. The third kappa shape index (κ3) is 3.96. The highest BCUT2D eigenvalue weighted by Gasteiger charge is 2.22. The highest BCUT2D eigenvalue weighted by Crippen LogP contribution is 2.17. The quantitative estimate of drug-likeness (QED) is 0.851. The van der Waals surface area contributed by atoms with Gasteiger partial charge in [-0.15, -0.1) is 0 Å². The lowest BCUT2D eigenvalue weighted by atomic mass is 10.1. The summed E-state index contributed by atoms with van der Waals surface area (Å²) in [5.41, 5.74) is 5.51. The lowest BCUT2D eigenvalue weighted by Gasteiger charge is -2.27. The summed E-state index contributed by atoms with van der Waals surface area (Å²) < 4.78 is 27.0. The van der Waals surface area contributed by atoms with Gasteiger partial charge in [-0.05, 0) is 32.4 Å². The number of halogens is 2. The van der Waals surface area contributed by atoms with Gasteiger partial charge in [0.25, 0.3) is 5.91 Å². The molecule has 0 aromatic heterocycles. The van der Waals surface area contributed by atoms with Crippen LogP contribution in [-0.2, 0) is 0 Å². The van der Waals surface area contributed by atoms with Gasteiger partial charge in [-0.25, -0.2) is 8.78 Å². The zero-order valence-corrected chi connectivity index (χ0v) is 12.6. The molecule has 0 heterocycles. The molecule has 0 radical (unpaired) electrons. The van der Waals surface area contributed by atoms with E-state index in [1.54, 1.807) is 0 Å². The van der Waals surface area contributed by atoms with Crippen molar-refractivity contribution >= 4 is 23.1 Å². The number of benzene rings is 1. The number of aryl methyl sites for hydroxylation is 1. The molecular weight excluding hydrogens is 282 g/mol. The third-order valence-electron chi connectivity index (χ3n) is 2.96. The molecule has 20 heavy (non-hydrogen) atoms. The van der Waals surface area contributed by atoms with E-state index >= 15 is 0 Å². The van der Waals surface area contributed by atoms with Crippen molar-refractivity contribution in [1.82, 2.24) is 4.90 Å². The van der Waals surface area contributed by atoms with Crippen LogP contribution >= 0.6 is 12.2 Å². The Morgan fingerprint density at radius 3 is 2.45 bits per heavy atom. The first kappa shape index (κ1) is 16.5. The number of carbonyl (C=O) groups is 1. The minimum absolute atomic E-state index is 0.137. The van der Waals surface area contributed by atoms with E-state index in [-0.39, 0.29) is 17.2 Å². The number of amides is 1. The maximum Gasteiger partial charge on any atom is 0.257 e. The van der Waals surface area contributed by atoms with Gasteiger partial charge < -0.3 is 10.6 Å². The van der Waals surface area contributed by atoms with E-state index in [9.17, 15) is 13.6 Å². The minimum Gasteiger partial charge on any atom is -0.393 e. The number of nitrogens with two attached hydrogens (primary N) is 1. The maximum absolute atomic E-state index is 13.8. The fourth-order valence-electron chi connectivity index (χ4n) is 1.80. The summed E-state index contributed by atoms with van der Waals surface area (Å²) in [5, 5.41) is 0. The molecule has 0 spiro atoms. The fourth-order valence-corrected chi connectivity index (χ4v) is 1.89. The second-order valence-corrected chi connectivity index (χ2v) is 5.41. The number of carbonyl (C=O) groups excluding carboxylic acids is 1. The Labute approximate surface area is 122 Å². The van der Waals surface area contributed by atoms with E-state index in [2.05, 4.69) is 0 Å². The molecule has 110 valence electrons. The molecule has 1 aromatic carbocycles. The average Bonchev–Trinajstić information content (AvgIpc) is 2.32. The van der Waals surface area contributed by atoms with Crippen molar-refractivity contribution in [2.45, 2.75) is 33.2 Å². The number of thiocarbonyl (C=S) groups is 1. The summed E-state index contributed by atoms with van der Waals surface area (Å²) >= 11 is 4.78. The molecule has 0 aliphatic rings. The van der Waals surface area contributed by atoms with Gasteiger partial charge in [0.1, 0.15) is 11.6 Å². The zero-order valence-electron chi connectivity index (χ0n) is 11.7. The summed E-state index contributed by atoms with van der Waals surface area (Å²) in [6.07, 6.45) is 0.362. The molecule has 1 amide bonds. The van der Waals surface area contributed by atoms with Gasteiger partial charge >= 0.3 is 0 Å². The topological polar surface area (TPSA) is 46.3 Å². The standard InChI is InChI=1S/C14H18F2N2OS/c1-8(2)18(5-4-13(17)20)14(19)10-6-9(3)11(15)7-12(10)16/h6-8H,4-5H2,1-3H3,(H2,17,20). The molecule has 6 heteroatoms. The summed E-state index contributed by atoms with van der Waals surface area (Å²) in [6.45, 7) is 5.42. The smallest absolute Gasteiger partial charge is 0.257 e. The molecule has 0 bridgehead atoms. The lowest BCUT2D eigenvalue weighted by Crippen LogP contribution is -2.39. The van der Waals surface area contributed by atoms with Crippen LogP contribution in [0.4, 0.5) is 8.78 Å². The predicted molar refractivity (Wildman–Crippen MR) is 78.7 cm³/mol. The summed E-state index contributed by atoms with van der Waals surface area (Å²) in [6, 6.07) is 1.82. The van der Waals surface area contributed by atoms with Crippen LogP contribution in [0.5, 0.6) is 0 Å². The molecule has 0 saturated heterocycles. The third-order valence-corrected chi connectivity index (χ3v) is 3.17. The van der Waals surface area contributed by atoms with Crippen LogP contribution in [0.15, 0.2) is 12.1 Å². The van der Waals surface area contributed by atoms with E-state index in [4.69, 9.17) is 18.0 Å². The van der Waals surface area contributed by atoms with Gasteiger partial charge in [-0.1, -0.05) is 12.2 Å². The highest BCUT2D eigenvalue weighted by atomic mass is 32.1. The van der Waals surface area contributed by atoms with Crippen molar-refractivity contribution in [3.8, 4) is 0 Å². The Kier molecular flexibility index (Phi) is 5.56. The Hall–Kier alpha value is -1.56. The number of hydrogen-bond acceptors (Lipinski definition) is 2. The Bertz CT molecular complexity index is 532. The largest absolute Gasteiger partial charge is 0.393 e. The van der Waals surface area contributed by atoms with Crippen molar-refractivity contribution in [2.75, 3.05) is 6.54 Å². The molecule has 0 aliphatic carbocycles. The first-order valence-electron chi connectivity index (χ1n) is 6.29. The maximum atomic E-state index is 13.8. The Morgan fingerprint density at radius 1 is 1.35 bits per heavy atom. The second kappa shape index (κ2) is 6.74. The first-order chi connectivity index (χ1) is 9.23. The molecule has 1 aromatic rings. The average molecular weight is 300 g/mol. The highest BCUT2D eigenvalue weighted by molar-refractivity contribution is 7.80. The van der Waals surface area contributed by atoms with Crippen molar-refractivity contribution in [3.05, 3.63) is 34.9 Å². The molecule has 0 saturated carbocycles. The summed E-state index contributed by atoms with van der Waals surface area (Å²) in [4.78, 5) is 14.1. The minimum atomic E-state index is -0.862. The fraction of sp³-hybridized carbons (Fsp3) is 0.429. The summed E-state index contributed by atoms with van der Waals surface area (Å²) in [5.74, 6) is -2.02. The molecule has 3 nitrogen and oxygen atoms in total. The van der Waals surface area contributed by atoms with Gasteiger partial charge in [-0.3, -0.25) is 4.79 Å². The van der Waals surface area contributed by atoms with Gasteiger partial charge in [0.15, 0.2) is 0 Å². The molecule has 0 atom stereocenters. The van der Waals surface area contributed by atoms with Crippen LogP contribution in [0.25, 0.3) is 0 Å². The normalized spacial score (nSPS) is 10.7. The molecule has 0 fully saturated rings. The molecule has 2 N–H and O–H groups in total. The Balaban J connectivity index is 3.06. The van der Waals surface area contributed by atoms with Crippen LogP contribution in [0.2, 0.25) is 0 Å². The second-order valence-electron chi connectivity index (χ2n) is 4.89. The summed E-state index contributed by atoms with van der Waals surface area (Å²) in [7, 11) is 0. The van der Waals surface area contributed by atoms with Crippen LogP contribution in [0.3, 0.4) is 0 Å². The van der Waals surface area contributed by atoms with Gasteiger partial charge in [0.05, 0.1) is 10.6 Å². The zero-order chi connectivity index (χ0) is 15.4.